The van der Waals surface area contributed by atoms with Crippen LogP contribution in [0.25, 0.3) is 0 Å². The summed E-state index contributed by atoms with van der Waals surface area (Å²) in [4.78, 5) is 26.8. The minimum Gasteiger partial charge on any atom is -0.444 e. The summed E-state index contributed by atoms with van der Waals surface area (Å²) in [5.74, 6) is 0. The van der Waals surface area contributed by atoms with Gasteiger partial charge in [0.05, 0.1) is 6.20 Å². The van der Waals surface area contributed by atoms with E-state index in [0.717, 1.165) is 11.8 Å². The van der Waals surface area contributed by atoms with Crippen LogP contribution in [0.2, 0.25) is 10.3 Å². The first-order valence-corrected chi connectivity index (χ1v) is 5.99. The third kappa shape index (κ3) is 3.33. The summed E-state index contributed by atoms with van der Waals surface area (Å²) < 4.78 is 5.67. The third-order valence-corrected chi connectivity index (χ3v) is 2.67. The van der Waals surface area contributed by atoms with Crippen molar-refractivity contribution in [2.75, 3.05) is 0 Å². The molecule has 1 heterocycles. The largest absolute Gasteiger partial charge is 0.444 e. The van der Waals surface area contributed by atoms with Gasteiger partial charge in [0.1, 0.15) is 11.8 Å². The smallest absolute Gasteiger partial charge is 0.421 e. The van der Waals surface area contributed by atoms with Crippen LogP contribution >= 0.6 is 23.2 Å². The molecule has 0 unspecified atom stereocenters. The number of ether oxygens (including phenoxy) is 1. The molecule has 0 atom stereocenters. The molecule has 0 aliphatic rings. The van der Waals surface area contributed by atoms with Gasteiger partial charge in [-0.25, -0.2) is 14.3 Å². The molecule has 5 nitrogen and oxygen atoms in total. The van der Waals surface area contributed by atoms with Gasteiger partial charge in [-0.05, 0) is 5.56 Å². The highest BCUT2D eigenvalue weighted by Crippen LogP contribution is 2.07. The number of hydrogen-bond acceptors (Lipinski definition) is 4. The summed E-state index contributed by atoms with van der Waals surface area (Å²) in [6, 6.07) is 9.06. The molecule has 19 heavy (non-hydrogen) atoms. The SMILES string of the molecule is O=C(OCc1ccccc1)n1cc(Cl)nc(Cl)c1=O. The van der Waals surface area contributed by atoms with Crippen molar-refractivity contribution in [1.82, 2.24) is 9.55 Å². The highest BCUT2D eigenvalue weighted by Gasteiger charge is 2.13. The molecule has 0 bridgehead atoms. The number of halogens is 2. The van der Waals surface area contributed by atoms with E-state index in [2.05, 4.69) is 4.98 Å². The molecule has 98 valence electrons. The van der Waals surface area contributed by atoms with Crippen LogP contribution < -0.4 is 5.56 Å². The maximum absolute atomic E-state index is 11.7. The van der Waals surface area contributed by atoms with Gasteiger partial charge >= 0.3 is 6.09 Å². The lowest BCUT2D eigenvalue weighted by Gasteiger charge is -2.07. The van der Waals surface area contributed by atoms with E-state index in [-0.39, 0.29) is 16.9 Å². The number of carbonyl (C=O) groups excluding carboxylic acids is 1. The fourth-order valence-corrected chi connectivity index (χ4v) is 1.77. The van der Waals surface area contributed by atoms with E-state index < -0.39 is 11.7 Å². The van der Waals surface area contributed by atoms with Gasteiger partial charge in [-0.15, -0.1) is 0 Å². The van der Waals surface area contributed by atoms with Gasteiger partial charge in [-0.3, -0.25) is 4.79 Å². The van der Waals surface area contributed by atoms with E-state index in [1.165, 1.54) is 0 Å². The fourth-order valence-electron chi connectivity index (χ4n) is 1.36. The van der Waals surface area contributed by atoms with Gasteiger partial charge in [0.2, 0.25) is 0 Å². The zero-order chi connectivity index (χ0) is 13.8. The van der Waals surface area contributed by atoms with E-state index in [4.69, 9.17) is 27.9 Å². The Balaban J connectivity index is 2.15. The Labute approximate surface area is 118 Å². The quantitative estimate of drug-likeness (QED) is 0.855. The molecule has 0 aliphatic carbocycles. The fraction of sp³-hybridized carbons (Fsp3) is 0.0833. The van der Waals surface area contributed by atoms with E-state index in [1.807, 2.05) is 18.2 Å². The maximum atomic E-state index is 11.7. The molecular weight excluding hydrogens is 291 g/mol. The van der Waals surface area contributed by atoms with E-state index in [1.54, 1.807) is 12.1 Å². The molecule has 7 heteroatoms. The van der Waals surface area contributed by atoms with E-state index in [0.29, 0.717) is 4.57 Å². The van der Waals surface area contributed by atoms with Crippen molar-refractivity contribution in [3.05, 3.63) is 62.8 Å². The predicted octanol–water partition coefficient (Wildman–Crippen LogP) is 2.74. The van der Waals surface area contributed by atoms with Crippen LogP contribution in [0.15, 0.2) is 41.3 Å². The van der Waals surface area contributed by atoms with E-state index >= 15 is 0 Å². The van der Waals surface area contributed by atoms with Crippen molar-refractivity contribution >= 4 is 29.3 Å². The van der Waals surface area contributed by atoms with Crippen molar-refractivity contribution in [2.24, 2.45) is 0 Å². The third-order valence-electron chi connectivity index (χ3n) is 2.24. The summed E-state index contributed by atoms with van der Waals surface area (Å²) in [5, 5.41) is -0.453. The molecular formula is C12H8Cl2N2O3. The average molecular weight is 299 g/mol. The first-order chi connectivity index (χ1) is 9.08. The van der Waals surface area contributed by atoms with Crippen LogP contribution in [0.5, 0.6) is 0 Å². The predicted molar refractivity (Wildman–Crippen MR) is 70.5 cm³/mol. The van der Waals surface area contributed by atoms with Crippen LogP contribution in [0.4, 0.5) is 4.79 Å². The minimum absolute atomic E-state index is 0.0453. The van der Waals surface area contributed by atoms with Crippen LogP contribution in [0, 0.1) is 0 Å². The second-order valence-electron chi connectivity index (χ2n) is 3.57. The van der Waals surface area contributed by atoms with Crippen LogP contribution in [-0.2, 0) is 11.3 Å². The Morgan fingerprint density at radius 3 is 2.63 bits per heavy atom. The maximum Gasteiger partial charge on any atom is 0.421 e. The molecule has 0 saturated heterocycles. The summed E-state index contributed by atoms with van der Waals surface area (Å²) in [7, 11) is 0. The van der Waals surface area contributed by atoms with Gasteiger partial charge in [-0.2, -0.15) is 0 Å². The standard InChI is InChI=1S/C12H8Cl2N2O3/c13-9-6-16(11(17)10(14)15-9)12(18)19-7-8-4-2-1-3-5-8/h1-6H,7H2. The molecule has 0 fully saturated rings. The van der Waals surface area contributed by atoms with Crippen molar-refractivity contribution in [3.63, 3.8) is 0 Å². The van der Waals surface area contributed by atoms with Gasteiger partial charge in [0, 0.05) is 0 Å². The van der Waals surface area contributed by atoms with Crippen LogP contribution in [0.3, 0.4) is 0 Å². The lowest BCUT2D eigenvalue weighted by Crippen LogP contribution is -2.28. The van der Waals surface area contributed by atoms with Gasteiger partial charge in [0.15, 0.2) is 5.15 Å². The second kappa shape index (κ2) is 5.86. The molecule has 1 aromatic heterocycles. The molecule has 0 aliphatic heterocycles. The Kier molecular flexibility index (Phi) is 4.19. The van der Waals surface area contributed by atoms with Gasteiger partial charge in [-0.1, -0.05) is 53.5 Å². The van der Waals surface area contributed by atoms with E-state index in [9.17, 15) is 9.59 Å². The normalized spacial score (nSPS) is 10.2. The Morgan fingerprint density at radius 2 is 1.95 bits per heavy atom. The number of benzene rings is 1. The minimum atomic E-state index is -0.861. The lowest BCUT2D eigenvalue weighted by molar-refractivity contribution is 0.140. The number of rotatable bonds is 2. The number of carbonyl (C=O) groups is 1. The summed E-state index contributed by atoms with van der Waals surface area (Å²) >= 11 is 11.2. The van der Waals surface area contributed by atoms with Crippen molar-refractivity contribution < 1.29 is 9.53 Å². The highest BCUT2D eigenvalue weighted by atomic mass is 35.5. The average Bonchev–Trinajstić information content (AvgIpc) is 2.41. The Morgan fingerprint density at radius 1 is 1.26 bits per heavy atom. The highest BCUT2D eigenvalue weighted by molar-refractivity contribution is 6.32. The number of hydrogen-bond donors (Lipinski definition) is 0. The monoisotopic (exact) mass is 298 g/mol. The van der Waals surface area contributed by atoms with Crippen LogP contribution in [0.1, 0.15) is 5.56 Å². The zero-order valence-corrected chi connectivity index (χ0v) is 11.1. The Bertz CT molecular complexity index is 656. The topological polar surface area (TPSA) is 61.2 Å². The van der Waals surface area contributed by atoms with Crippen LogP contribution in [-0.4, -0.2) is 15.6 Å². The molecule has 0 N–H and O–H groups in total. The summed E-state index contributed by atoms with van der Waals surface area (Å²) in [5.41, 5.74) is 0.0271. The lowest BCUT2D eigenvalue weighted by atomic mass is 10.2. The van der Waals surface area contributed by atoms with Crippen molar-refractivity contribution in [1.29, 1.82) is 0 Å². The zero-order valence-electron chi connectivity index (χ0n) is 9.55. The first kappa shape index (κ1) is 13.6. The molecule has 2 rings (SSSR count). The number of nitrogens with zero attached hydrogens (tertiary/aromatic N) is 2. The van der Waals surface area contributed by atoms with Crippen molar-refractivity contribution in [2.45, 2.75) is 6.61 Å². The Hall–Kier alpha value is -1.85. The second-order valence-corrected chi connectivity index (χ2v) is 4.32. The van der Waals surface area contributed by atoms with Gasteiger partial charge in [0.25, 0.3) is 5.56 Å². The molecule has 0 amide bonds. The molecule has 0 radical (unpaired) electrons. The van der Waals surface area contributed by atoms with Gasteiger partial charge < -0.3 is 4.74 Å². The summed E-state index contributed by atoms with van der Waals surface area (Å²) in [6.45, 7) is 0.0453. The molecule has 2 aromatic rings. The molecule has 0 saturated carbocycles. The molecule has 1 aromatic carbocycles. The first-order valence-electron chi connectivity index (χ1n) is 5.23. The van der Waals surface area contributed by atoms with Crippen molar-refractivity contribution in [3.8, 4) is 0 Å². The number of aromatic nitrogens is 2. The summed E-state index contributed by atoms with van der Waals surface area (Å²) in [6.07, 6.45) is 0.198. The molecule has 0 spiro atoms.